The lowest BCUT2D eigenvalue weighted by molar-refractivity contribution is -0.109. The number of H-pyrrole nitrogens is 1. The summed E-state index contributed by atoms with van der Waals surface area (Å²) in [6.07, 6.45) is 2.52. The fourth-order valence-electron chi connectivity index (χ4n) is 3.05. The summed E-state index contributed by atoms with van der Waals surface area (Å²) in [5.41, 5.74) is 2.51. The highest BCUT2D eigenvalue weighted by Gasteiger charge is 2.18. The Morgan fingerprint density at radius 3 is 2.77 bits per heavy atom. The summed E-state index contributed by atoms with van der Waals surface area (Å²) in [6.45, 7) is 1.70. The first-order valence-electron chi connectivity index (χ1n) is 9.31. The van der Waals surface area contributed by atoms with E-state index in [1.165, 1.54) is 13.0 Å². The van der Waals surface area contributed by atoms with Crippen LogP contribution in [0.4, 0.5) is 0 Å². The van der Waals surface area contributed by atoms with Crippen LogP contribution in [0.5, 0.6) is 5.75 Å². The van der Waals surface area contributed by atoms with Crippen molar-refractivity contribution < 1.29 is 27.9 Å². The van der Waals surface area contributed by atoms with Crippen LogP contribution in [0.3, 0.4) is 0 Å². The summed E-state index contributed by atoms with van der Waals surface area (Å²) >= 11 is 0. The molecule has 3 aromatic rings. The lowest BCUT2D eigenvalue weighted by Crippen LogP contribution is -2.38. The highest BCUT2D eigenvalue weighted by Crippen LogP contribution is 2.25. The van der Waals surface area contributed by atoms with E-state index in [9.17, 15) is 18.0 Å². The minimum atomic E-state index is -3.50. The Labute approximate surface area is 173 Å². The van der Waals surface area contributed by atoms with Gasteiger partial charge in [0, 0.05) is 17.1 Å². The third kappa shape index (κ3) is 5.25. The average molecular weight is 430 g/mol. The lowest BCUT2D eigenvalue weighted by Gasteiger charge is -2.12. The maximum absolute atomic E-state index is 11.8. The Morgan fingerprint density at radius 1 is 1.27 bits per heavy atom. The molecule has 158 valence electrons. The average Bonchev–Trinajstić information content (AvgIpc) is 3.13. The standard InChI is InChI=1S/C21H22N2O6S/c1-2-30(27,28)23-17(12-24)9-16-11-22-20-7-6-18(10-19(16)20)29-13-14-4-3-5-15(8-14)21(25)26/h3-8,10-12,17,22-23H,2,9,13H2,1H3,(H,25,26)/t17-/m1/s1. The SMILES string of the molecule is CCS(=O)(=O)N[C@@H](C=O)Cc1c[nH]c2ccc(OCc3cccc(C(=O)O)c3)cc12. The quantitative estimate of drug-likeness (QED) is 0.424. The Hall–Kier alpha value is -3.17. The maximum Gasteiger partial charge on any atom is 0.335 e. The van der Waals surface area contributed by atoms with Gasteiger partial charge in [0.1, 0.15) is 18.6 Å². The van der Waals surface area contributed by atoms with E-state index in [4.69, 9.17) is 9.84 Å². The number of aromatic nitrogens is 1. The van der Waals surface area contributed by atoms with E-state index >= 15 is 0 Å². The van der Waals surface area contributed by atoms with E-state index < -0.39 is 22.0 Å². The number of carboxylic acid groups (broad SMARTS) is 1. The van der Waals surface area contributed by atoms with Crippen LogP contribution in [0.15, 0.2) is 48.7 Å². The van der Waals surface area contributed by atoms with Crippen molar-refractivity contribution in [3.63, 3.8) is 0 Å². The molecule has 1 heterocycles. The number of hydrogen-bond acceptors (Lipinski definition) is 5. The van der Waals surface area contributed by atoms with Gasteiger partial charge in [-0.3, -0.25) is 0 Å². The number of ether oxygens (including phenoxy) is 1. The fraction of sp³-hybridized carbons (Fsp3) is 0.238. The summed E-state index contributed by atoms with van der Waals surface area (Å²) in [4.78, 5) is 25.5. The van der Waals surface area contributed by atoms with E-state index in [2.05, 4.69) is 9.71 Å². The smallest absolute Gasteiger partial charge is 0.335 e. The Morgan fingerprint density at radius 2 is 2.07 bits per heavy atom. The number of hydrogen-bond donors (Lipinski definition) is 3. The number of fused-ring (bicyclic) bond motifs is 1. The molecule has 0 spiro atoms. The van der Waals surface area contributed by atoms with Crippen LogP contribution in [0.25, 0.3) is 10.9 Å². The highest BCUT2D eigenvalue weighted by atomic mass is 32.2. The molecule has 0 radical (unpaired) electrons. The van der Waals surface area contributed by atoms with Crippen molar-refractivity contribution in [1.82, 2.24) is 9.71 Å². The minimum Gasteiger partial charge on any atom is -0.489 e. The van der Waals surface area contributed by atoms with Gasteiger partial charge in [0.05, 0.1) is 17.4 Å². The molecule has 0 unspecified atom stereocenters. The van der Waals surface area contributed by atoms with E-state index in [1.54, 1.807) is 36.5 Å². The Kier molecular flexibility index (Phi) is 6.53. The van der Waals surface area contributed by atoms with E-state index in [0.29, 0.717) is 12.0 Å². The molecule has 0 saturated heterocycles. The van der Waals surface area contributed by atoms with E-state index in [-0.39, 0.29) is 24.3 Å². The zero-order chi connectivity index (χ0) is 21.7. The van der Waals surface area contributed by atoms with Gasteiger partial charge in [0.15, 0.2) is 0 Å². The van der Waals surface area contributed by atoms with Gasteiger partial charge in [-0.2, -0.15) is 0 Å². The first-order valence-corrected chi connectivity index (χ1v) is 11.0. The molecule has 0 aliphatic heterocycles. The molecule has 3 rings (SSSR count). The molecule has 30 heavy (non-hydrogen) atoms. The largest absolute Gasteiger partial charge is 0.489 e. The van der Waals surface area contributed by atoms with Crippen molar-refractivity contribution in [3.8, 4) is 5.75 Å². The number of rotatable bonds is 10. The molecule has 1 atom stereocenters. The molecule has 8 nitrogen and oxygen atoms in total. The molecule has 0 aliphatic rings. The molecule has 0 bridgehead atoms. The van der Waals surface area contributed by atoms with Crippen LogP contribution >= 0.6 is 0 Å². The molecule has 0 fully saturated rings. The van der Waals surface area contributed by atoms with Crippen molar-refractivity contribution in [2.24, 2.45) is 0 Å². The number of carbonyl (C=O) groups excluding carboxylic acids is 1. The number of aromatic amines is 1. The van der Waals surface area contributed by atoms with Crippen LogP contribution in [-0.4, -0.2) is 42.6 Å². The normalized spacial score (nSPS) is 12.6. The number of carboxylic acids is 1. The predicted molar refractivity (Wildman–Crippen MR) is 112 cm³/mol. The van der Waals surface area contributed by atoms with Gasteiger partial charge >= 0.3 is 5.97 Å². The number of aromatic carboxylic acids is 1. The van der Waals surface area contributed by atoms with Crippen LogP contribution in [0, 0.1) is 0 Å². The fourth-order valence-corrected chi connectivity index (χ4v) is 3.81. The third-order valence-corrected chi connectivity index (χ3v) is 6.06. The monoisotopic (exact) mass is 430 g/mol. The zero-order valence-electron chi connectivity index (χ0n) is 16.3. The van der Waals surface area contributed by atoms with Gasteiger partial charge < -0.3 is 19.6 Å². The van der Waals surface area contributed by atoms with E-state index in [0.717, 1.165) is 22.0 Å². The van der Waals surface area contributed by atoms with Crippen molar-refractivity contribution in [2.75, 3.05) is 5.75 Å². The van der Waals surface area contributed by atoms with Gasteiger partial charge in [-0.05, 0) is 54.8 Å². The predicted octanol–water partition coefficient (Wildman–Crippen LogP) is 2.49. The highest BCUT2D eigenvalue weighted by molar-refractivity contribution is 7.89. The second-order valence-corrected chi connectivity index (χ2v) is 8.83. The number of aldehydes is 1. The van der Waals surface area contributed by atoms with Crippen molar-refractivity contribution >= 4 is 33.2 Å². The molecule has 2 aromatic carbocycles. The summed E-state index contributed by atoms with van der Waals surface area (Å²) in [6, 6.07) is 11.1. The van der Waals surface area contributed by atoms with Gasteiger partial charge in [-0.1, -0.05) is 12.1 Å². The van der Waals surface area contributed by atoms with Crippen LogP contribution in [0.2, 0.25) is 0 Å². The van der Waals surface area contributed by atoms with Gasteiger partial charge in [-0.15, -0.1) is 0 Å². The number of carbonyl (C=O) groups is 2. The topological polar surface area (TPSA) is 126 Å². The Bertz CT molecular complexity index is 1170. The van der Waals surface area contributed by atoms with Gasteiger partial charge in [0.2, 0.25) is 10.0 Å². The third-order valence-electron chi connectivity index (χ3n) is 4.63. The zero-order valence-corrected chi connectivity index (χ0v) is 17.1. The first-order chi connectivity index (χ1) is 14.3. The summed E-state index contributed by atoms with van der Waals surface area (Å²) in [5, 5.41) is 9.90. The van der Waals surface area contributed by atoms with Crippen LogP contribution in [0.1, 0.15) is 28.4 Å². The number of nitrogens with one attached hydrogen (secondary N) is 2. The molecule has 0 saturated carbocycles. The lowest BCUT2D eigenvalue weighted by atomic mass is 10.1. The number of sulfonamides is 1. The molecular weight excluding hydrogens is 408 g/mol. The molecule has 0 amide bonds. The minimum absolute atomic E-state index is 0.105. The maximum atomic E-state index is 11.8. The molecular formula is C21H22N2O6S. The second kappa shape index (κ2) is 9.10. The summed E-state index contributed by atoms with van der Waals surface area (Å²) in [5.74, 6) is -0.536. The molecule has 0 aliphatic carbocycles. The molecule has 1 aromatic heterocycles. The van der Waals surface area contributed by atoms with Gasteiger partial charge in [0.25, 0.3) is 0 Å². The first kappa shape index (κ1) is 21.5. The van der Waals surface area contributed by atoms with Crippen molar-refractivity contribution in [3.05, 3.63) is 65.4 Å². The molecule has 9 heteroatoms. The molecule has 3 N–H and O–H groups in total. The summed E-state index contributed by atoms with van der Waals surface area (Å²) < 4.78 is 31.7. The van der Waals surface area contributed by atoms with Crippen LogP contribution in [-0.2, 0) is 27.8 Å². The second-order valence-electron chi connectivity index (χ2n) is 6.78. The number of benzene rings is 2. The van der Waals surface area contributed by atoms with E-state index in [1.807, 2.05) is 6.07 Å². The summed E-state index contributed by atoms with van der Waals surface area (Å²) in [7, 11) is -3.50. The Balaban J connectivity index is 1.76. The van der Waals surface area contributed by atoms with Gasteiger partial charge in [-0.25, -0.2) is 17.9 Å². The van der Waals surface area contributed by atoms with Crippen molar-refractivity contribution in [1.29, 1.82) is 0 Å². The van der Waals surface area contributed by atoms with Crippen molar-refractivity contribution in [2.45, 2.75) is 26.0 Å². The van der Waals surface area contributed by atoms with Crippen LogP contribution < -0.4 is 9.46 Å².